The lowest BCUT2D eigenvalue weighted by atomic mass is 10.1. The highest BCUT2D eigenvalue weighted by molar-refractivity contribution is 5.29. The SMILES string of the molecule is Cc1ccc(Cc2noc(Cc3cccc(O)c3)n2)cc1. The number of aromatic nitrogens is 2. The molecule has 0 spiro atoms. The summed E-state index contributed by atoms with van der Waals surface area (Å²) in [5.74, 6) is 1.48. The number of hydrogen-bond donors (Lipinski definition) is 1. The molecule has 3 rings (SSSR count). The van der Waals surface area contributed by atoms with Crippen molar-refractivity contribution in [2.75, 3.05) is 0 Å². The number of aromatic hydroxyl groups is 1. The normalized spacial score (nSPS) is 10.7. The minimum Gasteiger partial charge on any atom is -0.508 e. The molecule has 4 heteroatoms. The summed E-state index contributed by atoms with van der Waals surface area (Å²) in [5, 5.41) is 13.5. The van der Waals surface area contributed by atoms with Crippen LogP contribution in [-0.4, -0.2) is 15.2 Å². The minimum absolute atomic E-state index is 0.242. The van der Waals surface area contributed by atoms with Crippen molar-refractivity contribution in [2.45, 2.75) is 19.8 Å². The van der Waals surface area contributed by atoms with Gasteiger partial charge in [-0.05, 0) is 30.2 Å². The average molecular weight is 280 g/mol. The van der Waals surface area contributed by atoms with Gasteiger partial charge in [0.05, 0.1) is 6.42 Å². The maximum Gasteiger partial charge on any atom is 0.231 e. The van der Waals surface area contributed by atoms with Crippen molar-refractivity contribution >= 4 is 0 Å². The Balaban J connectivity index is 1.70. The maximum absolute atomic E-state index is 9.45. The quantitative estimate of drug-likeness (QED) is 0.797. The molecule has 0 atom stereocenters. The molecule has 0 aliphatic carbocycles. The second-order valence-corrected chi connectivity index (χ2v) is 5.11. The molecule has 1 heterocycles. The molecule has 0 radical (unpaired) electrons. The Bertz CT molecular complexity index is 733. The summed E-state index contributed by atoms with van der Waals surface area (Å²) < 4.78 is 5.26. The fourth-order valence-electron chi connectivity index (χ4n) is 2.16. The van der Waals surface area contributed by atoms with Gasteiger partial charge < -0.3 is 9.63 Å². The molecule has 2 aromatic carbocycles. The summed E-state index contributed by atoms with van der Waals surface area (Å²) >= 11 is 0. The molecule has 0 unspecified atom stereocenters. The van der Waals surface area contributed by atoms with E-state index in [1.807, 2.05) is 6.07 Å². The van der Waals surface area contributed by atoms with Gasteiger partial charge in [0, 0.05) is 6.42 Å². The van der Waals surface area contributed by atoms with Crippen molar-refractivity contribution < 1.29 is 9.63 Å². The van der Waals surface area contributed by atoms with Crippen molar-refractivity contribution in [2.24, 2.45) is 0 Å². The molecule has 0 aliphatic heterocycles. The third kappa shape index (κ3) is 3.48. The third-order valence-corrected chi connectivity index (χ3v) is 3.26. The summed E-state index contributed by atoms with van der Waals surface area (Å²) in [4.78, 5) is 4.39. The van der Waals surface area contributed by atoms with Gasteiger partial charge in [-0.3, -0.25) is 0 Å². The number of phenolic OH excluding ortho intramolecular Hbond substituents is 1. The fraction of sp³-hybridized carbons (Fsp3) is 0.176. The van der Waals surface area contributed by atoms with E-state index < -0.39 is 0 Å². The Morgan fingerprint density at radius 1 is 1.00 bits per heavy atom. The Kier molecular flexibility index (Phi) is 3.69. The van der Waals surface area contributed by atoms with Crippen LogP contribution in [-0.2, 0) is 12.8 Å². The number of aryl methyl sites for hydroxylation is 1. The molecule has 0 saturated heterocycles. The van der Waals surface area contributed by atoms with Gasteiger partial charge in [0.2, 0.25) is 5.89 Å². The predicted molar refractivity (Wildman–Crippen MR) is 79.2 cm³/mol. The molecule has 21 heavy (non-hydrogen) atoms. The van der Waals surface area contributed by atoms with E-state index in [9.17, 15) is 5.11 Å². The molecule has 106 valence electrons. The largest absolute Gasteiger partial charge is 0.508 e. The highest BCUT2D eigenvalue weighted by Gasteiger charge is 2.08. The Morgan fingerprint density at radius 2 is 1.81 bits per heavy atom. The average Bonchev–Trinajstić information content (AvgIpc) is 2.89. The maximum atomic E-state index is 9.45. The number of rotatable bonds is 4. The predicted octanol–water partition coefficient (Wildman–Crippen LogP) is 3.27. The van der Waals surface area contributed by atoms with Crippen LogP contribution in [0.4, 0.5) is 0 Å². The molecule has 0 aliphatic rings. The summed E-state index contributed by atoms with van der Waals surface area (Å²) in [6, 6.07) is 15.3. The van der Waals surface area contributed by atoms with E-state index in [4.69, 9.17) is 4.52 Å². The van der Waals surface area contributed by atoms with E-state index in [0.29, 0.717) is 24.6 Å². The first-order chi connectivity index (χ1) is 10.2. The summed E-state index contributed by atoms with van der Waals surface area (Å²) in [6.45, 7) is 2.06. The zero-order chi connectivity index (χ0) is 14.7. The first kappa shape index (κ1) is 13.4. The lowest BCUT2D eigenvalue weighted by Gasteiger charge is -1.98. The fourth-order valence-corrected chi connectivity index (χ4v) is 2.16. The molecule has 3 aromatic rings. The molecule has 0 fully saturated rings. The van der Waals surface area contributed by atoms with Crippen molar-refractivity contribution in [1.82, 2.24) is 10.1 Å². The van der Waals surface area contributed by atoms with Crippen molar-refractivity contribution in [1.29, 1.82) is 0 Å². The molecule has 1 aromatic heterocycles. The zero-order valence-corrected chi connectivity index (χ0v) is 11.8. The van der Waals surface area contributed by atoms with E-state index in [2.05, 4.69) is 41.3 Å². The molecular weight excluding hydrogens is 264 g/mol. The summed E-state index contributed by atoms with van der Waals surface area (Å²) in [5.41, 5.74) is 3.34. The van der Waals surface area contributed by atoms with Gasteiger partial charge in [-0.2, -0.15) is 4.98 Å². The number of benzene rings is 2. The van der Waals surface area contributed by atoms with Gasteiger partial charge in [0.15, 0.2) is 5.82 Å². The first-order valence-electron chi connectivity index (χ1n) is 6.84. The molecule has 0 amide bonds. The zero-order valence-electron chi connectivity index (χ0n) is 11.8. The van der Waals surface area contributed by atoms with Crippen LogP contribution in [0.1, 0.15) is 28.4 Å². The molecular formula is C17H16N2O2. The highest BCUT2D eigenvalue weighted by atomic mass is 16.5. The third-order valence-electron chi connectivity index (χ3n) is 3.26. The first-order valence-corrected chi connectivity index (χ1v) is 6.84. The smallest absolute Gasteiger partial charge is 0.231 e. The van der Waals surface area contributed by atoms with E-state index >= 15 is 0 Å². The van der Waals surface area contributed by atoms with Gasteiger partial charge in [-0.1, -0.05) is 47.1 Å². The second-order valence-electron chi connectivity index (χ2n) is 5.11. The van der Waals surface area contributed by atoms with Crippen molar-refractivity contribution in [3.8, 4) is 5.75 Å². The second kappa shape index (κ2) is 5.79. The summed E-state index contributed by atoms with van der Waals surface area (Å²) in [7, 11) is 0. The van der Waals surface area contributed by atoms with Gasteiger partial charge in [-0.25, -0.2) is 0 Å². The number of nitrogens with zero attached hydrogens (tertiary/aromatic N) is 2. The van der Waals surface area contributed by atoms with Crippen LogP contribution < -0.4 is 0 Å². The Morgan fingerprint density at radius 3 is 2.57 bits per heavy atom. The van der Waals surface area contributed by atoms with E-state index in [-0.39, 0.29) is 5.75 Å². The topological polar surface area (TPSA) is 59.2 Å². The molecule has 1 N–H and O–H groups in total. The molecule has 4 nitrogen and oxygen atoms in total. The van der Waals surface area contributed by atoms with Crippen LogP contribution in [0.3, 0.4) is 0 Å². The van der Waals surface area contributed by atoms with Crippen molar-refractivity contribution in [3.63, 3.8) is 0 Å². The van der Waals surface area contributed by atoms with Crippen LogP contribution in [0.5, 0.6) is 5.75 Å². The Hall–Kier alpha value is -2.62. The number of hydrogen-bond acceptors (Lipinski definition) is 4. The van der Waals surface area contributed by atoms with E-state index in [0.717, 1.165) is 11.1 Å². The van der Waals surface area contributed by atoms with Crippen LogP contribution in [0.15, 0.2) is 53.1 Å². The van der Waals surface area contributed by atoms with E-state index in [1.54, 1.807) is 18.2 Å². The van der Waals surface area contributed by atoms with Gasteiger partial charge >= 0.3 is 0 Å². The monoisotopic (exact) mass is 280 g/mol. The lowest BCUT2D eigenvalue weighted by molar-refractivity contribution is 0.380. The lowest BCUT2D eigenvalue weighted by Crippen LogP contribution is -1.92. The van der Waals surface area contributed by atoms with Crippen LogP contribution in [0, 0.1) is 6.92 Å². The Labute approximate surface area is 123 Å². The van der Waals surface area contributed by atoms with E-state index in [1.165, 1.54) is 5.56 Å². The van der Waals surface area contributed by atoms with Crippen molar-refractivity contribution in [3.05, 3.63) is 76.9 Å². The van der Waals surface area contributed by atoms with Crippen LogP contribution >= 0.6 is 0 Å². The standard InChI is InChI=1S/C17H16N2O2/c1-12-5-7-13(8-6-12)10-16-18-17(21-19-16)11-14-3-2-4-15(20)9-14/h2-9,20H,10-11H2,1H3. The molecule has 0 bridgehead atoms. The molecule has 0 saturated carbocycles. The van der Waals surface area contributed by atoms with Crippen LogP contribution in [0.25, 0.3) is 0 Å². The van der Waals surface area contributed by atoms with Crippen LogP contribution in [0.2, 0.25) is 0 Å². The number of phenols is 1. The minimum atomic E-state index is 0.242. The van der Waals surface area contributed by atoms with Gasteiger partial charge in [-0.15, -0.1) is 0 Å². The van der Waals surface area contributed by atoms with Gasteiger partial charge in [0.25, 0.3) is 0 Å². The van der Waals surface area contributed by atoms with Gasteiger partial charge in [0.1, 0.15) is 5.75 Å². The summed E-state index contributed by atoms with van der Waals surface area (Å²) in [6.07, 6.45) is 1.18. The highest BCUT2D eigenvalue weighted by Crippen LogP contribution is 2.15.